The van der Waals surface area contributed by atoms with Gasteiger partial charge in [0.15, 0.2) is 11.0 Å². The highest BCUT2D eigenvalue weighted by molar-refractivity contribution is 6.30. The predicted molar refractivity (Wildman–Crippen MR) is 72.0 cm³/mol. The Labute approximate surface area is 111 Å². The highest BCUT2D eigenvalue weighted by Crippen LogP contribution is 2.20. The number of nitrogens with zero attached hydrogens (tertiary/aromatic N) is 4. The summed E-state index contributed by atoms with van der Waals surface area (Å²) in [5.74, 6) is 0.778. The van der Waals surface area contributed by atoms with Crippen molar-refractivity contribution in [2.75, 3.05) is 11.9 Å². The van der Waals surface area contributed by atoms with Gasteiger partial charge in [0.2, 0.25) is 0 Å². The van der Waals surface area contributed by atoms with Gasteiger partial charge < -0.3 is 5.32 Å². The van der Waals surface area contributed by atoms with Crippen molar-refractivity contribution in [3.05, 3.63) is 34.2 Å². The van der Waals surface area contributed by atoms with Crippen LogP contribution >= 0.6 is 11.6 Å². The highest BCUT2D eigenvalue weighted by atomic mass is 35.5. The van der Waals surface area contributed by atoms with Crippen LogP contribution < -0.4 is 5.32 Å². The monoisotopic (exact) mass is 265 g/mol. The van der Waals surface area contributed by atoms with E-state index in [4.69, 9.17) is 11.6 Å². The van der Waals surface area contributed by atoms with Crippen LogP contribution in [0.4, 0.5) is 5.82 Å². The minimum atomic E-state index is 0.459. The Bertz CT molecular complexity index is 549. The maximum Gasteiger partial charge on any atom is 0.155 e. The minimum absolute atomic E-state index is 0.459. The second-order valence-electron chi connectivity index (χ2n) is 4.30. The number of aryl methyl sites for hydroxylation is 1. The van der Waals surface area contributed by atoms with Crippen molar-refractivity contribution in [3.8, 4) is 0 Å². The number of hydrogen-bond donors (Lipinski definition) is 1. The molecule has 1 N–H and O–H groups in total. The number of hydrogen-bond acceptors (Lipinski definition) is 4. The zero-order valence-electron chi connectivity index (χ0n) is 10.7. The lowest BCUT2D eigenvalue weighted by molar-refractivity contribution is 0.636. The normalized spacial score (nSPS) is 10.7. The number of aromatic nitrogens is 4. The lowest BCUT2D eigenvalue weighted by Crippen LogP contribution is -2.13. The van der Waals surface area contributed by atoms with Gasteiger partial charge in [-0.2, -0.15) is 5.10 Å². The molecule has 0 bridgehead atoms. The van der Waals surface area contributed by atoms with E-state index in [2.05, 4.69) is 20.6 Å². The molecule has 0 saturated carbocycles. The summed E-state index contributed by atoms with van der Waals surface area (Å²) in [6.07, 6.45) is 3.85. The summed E-state index contributed by atoms with van der Waals surface area (Å²) >= 11 is 5.90. The van der Waals surface area contributed by atoms with Gasteiger partial charge in [0.25, 0.3) is 0 Å². The van der Waals surface area contributed by atoms with Crippen molar-refractivity contribution in [2.45, 2.75) is 27.3 Å². The third kappa shape index (κ3) is 2.79. The summed E-state index contributed by atoms with van der Waals surface area (Å²) in [4.78, 5) is 0. The maximum absolute atomic E-state index is 5.90. The fourth-order valence-corrected chi connectivity index (χ4v) is 1.80. The Balaban J connectivity index is 1.96. The first kappa shape index (κ1) is 12.8. The van der Waals surface area contributed by atoms with Crippen LogP contribution in [-0.4, -0.2) is 26.5 Å². The van der Waals surface area contributed by atoms with E-state index in [0.29, 0.717) is 5.15 Å². The largest absolute Gasteiger partial charge is 0.366 e. The topological polar surface area (TPSA) is 55.6 Å². The van der Waals surface area contributed by atoms with E-state index < -0.39 is 0 Å². The fraction of sp³-hybridized carbons (Fsp3) is 0.417. The Morgan fingerprint density at radius 1 is 1.22 bits per heavy atom. The van der Waals surface area contributed by atoms with Crippen molar-refractivity contribution in [1.82, 2.24) is 20.0 Å². The van der Waals surface area contributed by atoms with Gasteiger partial charge in [-0.15, -0.1) is 10.2 Å². The summed E-state index contributed by atoms with van der Waals surface area (Å²) in [5, 5.41) is 15.9. The Morgan fingerprint density at radius 2 is 2.00 bits per heavy atom. The van der Waals surface area contributed by atoms with Gasteiger partial charge in [0.1, 0.15) is 0 Å². The predicted octanol–water partition coefficient (Wildman–Crippen LogP) is 2.36. The zero-order chi connectivity index (χ0) is 13.1. The Hall–Kier alpha value is -1.62. The van der Waals surface area contributed by atoms with E-state index in [0.717, 1.165) is 35.6 Å². The van der Waals surface area contributed by atoms with Crippen LogP contribution in [0.5, 0.6) is 0 Å². The van der Waals surface area contributed by atoms with Crippen LogP contribution in [0.1, 0.15) is 16.7 Å². The average molecular weight is 266 g/mol. The fourth-order valence-electron chi connectivity index (χ4n) is 1.62. The SMILES string of the molecule is Cc1cnn(CCNc2nnc(Cl)c(C)c2C)c1. The van der Waals surface area contributed by atoms with Crippen LogP contribution in [0.15, 0.2) is 12.4 Å². The van der Waals surface area contributed by atoms with Gasteiger partial charge in [-0.05, 0) is 37.5 Å². The van der Waals surface area contributed by atoms with E-state index in [9.17, 15) is 0 Å². The molecule has 0 fully saturated rings. The van der Waals surface area contributed by atoms with Crippen LogP contribution in [-0.2, 0) is 6.54 Å². The van der Waals surface area contributed by atoms with E-state index in [1.54, 1.807) is 0 Å². The molecule has 6 heteroatoms. The van der Waals surface area contributed by atoms with Crippen molar-refractivity contribution in [1.29, 1.82) is 0 Å². The summed E-state index contributed by atoms with van der Waals surface area (Å²) in [6, 6.07) is 0. The third-order valence-electron chi connectivity index (χ3n) is 2.86. The molecular formula is C12H16ClN5. The minimum Gasteiger partial charge on any atom is -0.366 e. The number of anilines is 1. The first-order valence-electron chi connectivity index (χ1n) is 5.80. The van der Waals surface area contributed by atoms with E-state index in [1.807, 2.05) is 37.8 Å². The lowest BCUT2D eigenvalue weighted by atomic mass is 10.2. The van der Waals surface area contributed by atoms with Crippen LogP contribution in [0.3, 0.4) is 0 Å². The molecule has 2 aromatic heterocycles. The Kier molecular flexibility index (Phi) is 3.81. The van der Waals surface area contributed by atoms with Crippen molar-refractivity contribution >= 4 is 17.4 Å². The quantitative estimate of drug-likeness (QED) is 0.922. The standard InChI is InChI=1S/C12H16ClN5/c1-8-6-15-18(7-8)5-4-14-12-10(3)9(2)11(13)16-17-12/h6-7H,4-5H2,1-3H3,(H,14,17). The molecular weight excluding hydrogens is 250 g/mol. The molecule has 0 saturated heterocycles. The number of nitrogens with one attached hydrogen (secondary N) is 1. The van der Waals surface area contributed by atoms with Gasteiger partial charge in [-0.1, -0.05) is 11.6 Å². The summed E-state index contributed by atoms with van der Waals surface area (Å²) in [6.45, 7) is 7.48. The van der Waals surface area contributed by atoms with E-state index in [1.165, 1.54) is 0 Å². The van der Waals surface area contributed by atoms with Crippen LogP contribution in [0.25, 0.3) is 0 Å². The maximum atomic E-state index is 5.90. The zero-order valence-corrected chi connectivity index (χ0v) is 11.5. The number of halogens is 1. The second-order valence-corrected chi connectivity index (χ2v) is 4.65. The van der Waals surface area contributed by atoms with E-state index in [-0.39, 0.29) is 0 Å². The van der Waals surface area contributed by atoms with Crippen LogP contribution in [0.2, 0.25) is 5.15 Å². The van der Waals surface area contributed by atoms with Gasteiger partial charge in [-0.25, -0.2) is 0 Å². The number of rotatable bonds is 4. The molecule has 0 aromatic carbocycles. The summed E-state index contributed by atoms with van der Waals surface area (Å²) in [7, 11) is 0. The molecule has 0 aliphatic rings. The molecule has 0 spiro atoms. The van der Waals surface area contributed by atoms with Gasteiger partial charge in [0, 0.05) is 12.7 Å². The molecule has 2 aromatic rings. The first-order chi connectivity index (χ1) is 8.58. The molecule has 2 heterocycles. The molecule has 0 aliphatic carbocycles. The molecule has 0 atom stereocenters. The molecule has 2 rings (SSSR count). The van der Waals surface area contributed by atoms with Crippen molar-refractivity contribution in [3.63, 3.8) is 0 Å². The summed E-state index contributed by atoms with van der Waals surface area (Å²) < 4.78 is 1.90. The van der Waals surface area contributed by atoms with Gasteiger partial charge in [-0.3, -0.25) is 4.68 Å². The van der Waals surface area contributed by atoms with Gasteiger partial charge in [0.05, 0.1) is 12.7 Å². The molecule has 96 valence electrons. The molecule has 18 heavy (non-hydrogen) atoms. The Morgan fingerprint density at radius 3 is 2.67 bits per heavy atom. The average Bonchev–Trinajstić information content (AvgIpc) is 2.75. The smallest absolute Gasteiger partial charge is 0.155 e. The lowest BCUT2D eigenvalue weighted by Gasteiger charge is -2.10. The second kappa shape index (κ2) is 5.35. The molecule has 0 aliphatic heterocycles. The third-order valence-corrected chi connectivity index (χ3v) is 3.22. The summed E-state index contributed by atoms with van der Waals surface area (Å²) in [5.41, 5.74) is 3.16. The van der Waals surface area contributed by atoms with Crippen LogP contribution in [0, 0.1) is 20.8 Å². The molecule has 0 radical (unpaired) electrons. The van der Waals surface area contributed by atoms with Crippen molar-refractivity contribution < 1.29 is 0 Å². The molecule has 0 unspecified atom stereocenters. The molecule has 0 amide bonds. The first-order valence-corrected chi connectivity index (χ1v) is 6.18. The van der Waals surface area contributed by atoms with Crippen molar-refractivity contribution in [2.24, 2.45) is 0 Å². The van der Waals surface area contributed by atoms with Gasteiger partial charge >= 0.3 is 0 Å². The molecule has 5 nitrogen and oxygen atoms in total. The highest BCUT2D eigenvalue weighted by Gasteiger charge is 2.07. The van der Waals surface area contributed by atoms with E-state index >= 15 is 0 Å².